The van der Waals surface area contributed by atoms with Gasteiger partial charge in [0.2, 0.25) is 0 Å². The fraction of sp³-hybridized carbons (Fsp3) is 0.278. The Hall–Kier alpha value is -2.69. The van der Waals surface area contributed by atoms with Crippen LogP contribution in [0.5, 0.6) is 0 Å². The van der Waals surface area contributed by atoms with Gasteiger partial charge in [-0.15, -0.1) is 0 Å². The first-order valence-corrected chi connectivity index (χ1v) is 8.00. The average Bonchev–Trinajstić information content (AvgIpc) is 3.09. The largest absolute Gasteiger partial charge is 0.370 e. The summed E-state index contributed by atoms with van der Waals surface area (Å²) in [6.45, 7) is 2.99. The third-order valence-electron chi connectivity index (χ3n) is 4.34. The third-order valence-corrected chi connectivity index (χ3v) is 4.34. The second kappa shape index (κ2) is 6.20. The molecule has 0 radical (unpaired) electrons. The molecule has 0 unspecified atom stereocenters. The number of hydrogen-bond acceptors (Lipinski definition) is 5. The van der Waals surface area contributed by atoms with E-state index in [9.17, 15) is 0 Å². The first-order chi connectivity index (χ1) is 11.4. The minimum Gasteiger partial charge on any atom is -0.370 e. The molecule has 1 aromatic carbocycles. The Morgan fingerprint density at radius 3 is 2.87 bits per heavy atom. The summed E-state index contributed by atoms with van der Waals surface area (Å²) < 4.78 is 0. The van der Waals surface area contributed by atoms with Crippen molar-refractivity contribution >= 4 is 22.5 Å². The smallest absolute Gasteiger partial charge is 0.139 e. The molecular weight excluding hydrogens is 286 g/mol. The molecule has 1 fully saturated rings. The number of fused-ring (bicyclic) bond motifs is 1. The SMILES string of the molecule is c1ccc(NC[C@H]2CCN(c3ncnc4ccccc34)C2)nc1. The topological polar surface area (TPSA) is 53.9 Å². The van der Waals surface area contributed by atoms with Gasteiger partial charge in [0.25, 0.3) is 0 Å². The number of pyridine rings is 1. The molecule has 0 amide bonds. The van der Waals surface area contributed by atoms with Crippen LogP contribution in [0, 0.1) is 5.92 Å². The van der Waals surface area contributed by atoms with Crippen molar-refractivity contribution in [3.05, 3.63) is 55.0 Å². The van der Waals surface area contributed by atoms with Gasteiger partial charge in [-0.05, 0) is 36.6 Å². The van der Waals surface area contributed by atoms with E-state index >= 15 is 0 Å². The molecule has 0 bridgehead atoms. The molecule has 1 N–H and O–H groups in total. The number of anilines is 2. The van der Waals surface area contributed by atoms with Crippen molar-refractivity contribution in [3.63, 3.8) is 0 Å². The van der Waals surface area contributed by atoms with Crippen LogP contribution < -0.4 is 10.2 Å². The zero-order chi connectivity index (χ0) is 15.5. The molecule has 1 aliphatic rings. The van der Waals surface area contributed by atoms with E-state index in [1.807, 2.05) is 42.6 Å². The van der Waals surface area contributed by atoms with Crippen molar-refractivity contribution in [1.29, 1.82) is 0 Å². The van der Waals surface area contributed by atoms with Crippen molar-refractivity contribution in [2.24, 2.45) is 5.92 Å². The molecular formula is C18H19N5. The molecule has 1 atom stereocenters. The van der Waals surface area contributed by atoms with Gasteiger partial charge in [-0.2, -0.15) is 0 Å². The maximum atomic E-state index is 4.52. The second-order valence-electron chi connectivity index (χ2n) is 5.91. The van der Waals surface area contributed by atoms with Gasteiger partial charge in [-0.25, -0.2) is 15.0 Å². The fourth-order valence-corrected chi connectivity index (χ4v) is 3.15. The summed E-state index contributed by atoms with van der Waals surface area (Å²) in [5.74, 6) is 2.60. The first kappa shape index (κ1) is 13.9. The second-order valence-corrected chi connectivity index (χ2v) is 5.91. The van der Waals surface area contributed by atoms with Crippen LogP contribution >= 0.6 is 0 Å². The van der Waals surface area contributed by atoms with Gasteiger partial charge < -0.3 is 10.2 Å². The molecule has 0 spiro atoms. The van der Waals surface area contributed by atoms with Gasteiger partial charge in [0.1, 0.15) is 18.0 Å². The molecule has 0 saturated carbocycles. The van der Waals surface area contributed by atoms with Gasteiger partial charge in [0.15, 0.2) is 0 Å². The van der Waals surface area contributed by atoms with Crippen LogP contribution in [0.3, 0.4) is 0 Å². The summed E-state index contributed by atoms with van der Waals surface area (Å²) in [6.07, 6.45) is 4.64. The molecule has 3 heterocycles. The van der Waals surface area contributed by atoms with E-state index in [2.05, 4.69) is 31.2 Å². The Labute approximate surface area is 135 Å². The molecule has 23 heavy (non-hydrogen) atoms. The highest BCUT2D eigenvalue weighted by molar-refractivity contribution is 5.89. The van der Waals surface area contributed by atoms with Gasteiger partial charge >= 0.3 is 0 Å². The maximum Gasteiger partial charge on any atom is 0.139 e. The molecule has 5 heteroatoms. The number of benzene rings is 1. The monoisotopic (exact) mass is 305 g/mol. The number of nitrogens with zero attached hydrogens (tertiary/aromatic N) is 4. The van der Waals surface area contributed by atoms with Crippen LogP contribution in [0.15, 0.2) is 55.0 Å². The quantitative estimate of drug-likeness (QED) is 0.803. The Morgan fingerprint density at radius 1 is 1.04 bits per heavy atom. The van der Waals surface area contributed by atoms with Gasteiger partial charge in [0.05, 0.1) is 5.52 Å². The third kappa shape index (κ3) is 2.95. The van der Waals surface area contributed by atoms with Crippen molar-refractivity contribution in [2.45, 2.75) is 6.42 Å². The number of nitrogens with one attached hydrogen (secondary N) is 1. The van der Waals surface area contributed by atoms with Gasteiger partial charge in [-0.1, -0.05) is 18.2 Å². The lowest BCUT2D eigenvalue weighted by atomic mass is 10.1. The van der Waals surface area contributed by atoms with Crippen molar-refractivity contribution < 1.29 is 0 Å². The van der Waals surface area contributed by atoms with E-state index in [1.54, 1.807) is 6.33 Å². The minimum atomic E-state index is 0.603. The van der Waals surface area contributed by atoms with E-state index in [1.165, 1.54) is 0 Å². The predicted molar refractivity (Wildman–Crippen MR) is 92.6 cm³/mol. The Morgan fingerprint density at radius 2 is 1.96 bits per heavy atom. The lowest BCUT2D eigenvalue weighted by Crippen LogP contribution is -2.23. The fourth-order valence-electron chi connectivity index (χ4n) is 3.15. The molecule has 5 nitrogen and oxygen atoms in total. The van der Waals surface area contributed by atoms with Crippen molar-refractivity contribution in [1.82, 2.24) is 15.0 Å². The summed E-state index contributed by atoms with van der Waals surface area (Å²) in [6, 6.07) is 14.1. The molecule has 4 rings (SSSR count). The number of hydrogen-bond donors (Lipinski definition) is 1. The van der Waals surface area contributed by atoms with Crippen LogP contribution in [0.25, 0.3) is 10.9 Å². The zero-order valence-corrected chi connectivity index (χ0v) is 12.9. The van der Waals surface area contributed by atoms with E-state index in [4.69, 9.17) is 0 Å². The van der Waals surface area contributed by atoms with Crippen molar-refractivity contribution in [2.75, 3.05) is 29.9 Å². The van der Waals surface area contributed by atoms with Crippen LogP contribution in [0.4, 0.5) is 11.6 Å². The maximum absolute atomic E-state index is 4.52. The van der Waals surface area contributed by atoms with Gasteiger partial charge in [0, 0.05) is 31.2 Å². The molecule has 3 aromatic rings. The first-order valence-electron chi connectivity index (χ1n) is 8.00. The van der Waals surface area contributed by atoms with Crippen LogP contribution in [0.1, 0.15) is 6.42 Å². The lowest BCUT2D eigenvalue weighted by molar-refractivity contribution is 0.621. The number of para-hydroxylation sites is 1. The van der Waals surface area contributed by atoms with E-state index < -0.39 is 0 Å². The molecule has 1 saturated heterocycles. The molecule has 0 aliphatic carbocycles. The Bertz CT molecular complexity index is 784. The minimum absolute atomic E-state index is 0.603. The zero-order valence-electron chi connectivity index (χ0n) is 12.9. The van der Waals surface area contributed by atoms with Crippen LogP contribution in [0.2, 0.25) is 0 Å². The van der Waals surface area contributed by atoms with Crippen LogP contribution in [-0.2, 0) is 0 Å². The highest BCUT2D eigenvalue weighted by Gasteiger charge is 2.24. The average molecular weight is 305 g/mol. The van der Waals surface area contributed by atoms with E-state index in [0.717, 1.165) is 48.6 Å². The van der Waals surface area contributed by atoms with Crippen molar-refractivity contribution in [3.8, 4) is 0 Å². The molecule has 116 valence electrons. The summed E-state index contributed by atoms with van der Waals surface area (Å²) in [7, 11) is 0. The standard InChI is InChI=1S/C18H19N5/c1-2-6-16-15(5-1)18(22-13-21-16)23-10-8-14(12-23)11-20-17-7-3-4-9-19-17/h1-7,9,13-14H,8,10-12H2,(H,19,20)/t14-/m1/s1. The summed E-state index contributed by atoms with van der Waals surface area (Å²) in [4.78, 5) is 15.6. The summed E-state index contributed by atoms with van der Waals surface area (Å²) in [5, 5.41) is 4.56. The Kier molecular flexibility index (Phi) is 3.76. The van der Waals surface area contributed by atoms with Gasteiger partial charge in [-0.3, -0.25) is 0 Å². The number of rotatable bonds is 4. The molecule has 2 aromatic heterocycles. The Balaban J connectivity index is 1.45. The lowest BCUT2D eigenvalue weighted by Gasteiger charge is -2.19. The number of aromatic nitrogens is 3. The highest BCUT2D eigenvalue weighted by atomic mass is 15.2. The predicted octanol–water partition coefficient (Wildman–Crippen LogP) is 2.96. The summed E-state index contributed by atoms with van der Waals surface area (Å²) in [5.41, 5.74) is 1.01. The normalized spacial score (nSPS) is 17.6. The van der Waals surface area contributed by atoms with E-state index in [-0.39, 0.29) is 0 Å². The highest BCUT2D eigenvalue weighted by Crippen LogP contribution is 2.27. The summed E-state index contributed by atoms with van der Waals surface area (Å²) >= 11 is 0. The van der Waals surface area contributed by atoms with E-state index in [0.29, 0.717) is 5.92 Å². The van der Waals surface area contributed by atoms with Crippen LogP contribution in [-0.4, -0.2) is 34.6 Å². The molecule has 1 aliphatic heterocycles.